The molecule has 0 radical (unpaired) electrons. The largest absolute Gasteiger partial charge is 0.480 e. The third-order valence-corrected chi connectivity index (χ3v) is 5.76. The Balaban J connectivity index is 2.23. The highest BCUT2D eigenvalue weighted by Crippen LogP contribution is 2.53. The molecule has 0 spiro atoms. The summed E-state index contributed by atoms with van der Waals surface area (Å²) in [6.45, 7) is 7.90. The predicted octanol–water partition coefficient (Wildman–Crippen LogP) is 3.99. The van der Waals surface area contributed by atoms with Crippen molar-refractivity contribution in [1.82, 2.24) is 4.90 Å². The van der Waals surface area contributed by atoms with Crippen LogP contribution >= 0.6 is 0 Å². The first-order valence-corrected chi connectivity index (χ1v) is 9.02. The zero-order valence-corrected chi connectivity index (χ0v) is 16.1. The average Bonchev–Trinajstić information content (AvgIpc) is 2.89. The van der Waals surface area contributed by atoms with E-state index in [4.69, 9.17) is 4.74 Å². The van der Waals surface area contributed by atoms with Gasteiger partial charge in [-0.15, -0.1) is 0 Å². The van der Waals surface area contributed by atoms with Crippen LogP contribution in [0.15, 0.2) is 54.6 Å². The fourth-order valence-electron chi connectivity index (χ4n) is 4.09. The van der Waals surface area contributed by atoms with Gasteiger partial charge in [0.05, 0.1) is 5.60 Å². The van der Waals surface area contributed by atoms with Crippen LogP contribution in [0.1, 0.15) is 44.4 Å². The van der Waals surface area contributed by atoms with Crippen LogP contribution in [0.25, 0.3) is 0 Å². The third kappa shape index (κ3) is 2.74. The van der Waals surface area contributed by atoms with Crippen LogP contribution in [-0.4, -0.2) is 35.1 Å². The first kappa shape index (κ1) is 18.6. The Morgan fingerprint density at radius 2 is 1.54 bits per heavy atom. The molecule has 0 aliphatic carbocycles. The molecule has 0 amide bonds. The van der Waals surface area contributed by atoms with Crippen molar-refractivity contribution in [3.05, 3.63) is 71.3 Å². The van der Waals surface area contributed by atoms with Gasteiger partial charge in [-0.1, -0.05) is 54.6 Å². The molecule has 138 valence electrons. The zero-order chi connectivity index (χ0) is 19.1. The minimum absolute atomic E-state index is 0.182. The first-order chi connectivity index (χ1) is 12.2. The van der Waals surface area contributed by atoms with E-state index in [0.717, 1.165) is 16.7 Å². The van der Waals surface area contributed by atoms with Gasteiger partial charge in [-0.3, -0.25) is 9.69 Å². The summed E-state index contributed by atoms with van der Waals surface area (Å²) in [5.74, 6) is -0.840. The molecule has 2 aromatic rings. The number of carboxylic acid groups (broad SMARTS) is 1. The Morgan fingerprint density at radius 3 is 2.12 bits per heavy atom. The van der Waals surface area contributed by atoms with Crippen LogP contribution in [0.5, 0.6) is 0 Å². The Morgan fingerprint density at radius 1 is 1.00 bits per heavy atom. The second-order valence-corrected chi connectivity index (χ2v) is 7.62. The van der Waals surface area contributed by atoms with Gasteiger partial charge in [0.2, 0.25) is 0 Å². The highest BCUT2D eigenvalue weighted by Gasteiger charge is 2.54. The highest BCUT2D eigenvalue weighted by molar-refractivity contribution is 5.73. The van der Waals surface area contributed by atoms with Crippen molar-refractivity contribution >= 4 is 5.97 Å². The third-order valence-electron chi connectivity index (χ3n) is 5.76. The van der Waals surface area contributed by atoms with Gasteiger partial charge in [-0.25, -0.2) is 0 Å². The molecule has 1 N–H and O–H groups in total. The number of benzene rings is 2. The fourth-order valence-corrected chi connectivity index (χ4v) is 4.09. The number of nitrogens with zero attached hydrogens (tertiary/aromatic N) is 1. The Labute approximate surface area is 155 Å². The second-order valence-electron chi connectivity index (χ2n) is 7.62. The van der Waals surface area contributed by atoms with Crippen molar-refractivity contribution in [3.63, 3.8) is 0 Å². The molecule has 0 fully saturated rings. The average molecular weight is 353 g/mol. The second kappa shape index (κ2) is 6.53. The van der Waals surface area contributed by atoms with Gasteiger partial charge in [0, 0.05) is 6.04 Å². The molecule has 3 rings (SSSR count). The maximum atomic E-state index is 11.6. The molecular weight excluding hydrogens is 326 g/mol. The van der Waals surface area contributed by atoms with Crippen molar-refractivity contribution in [3.8, 4) is 0 Å². The number of carboxylic acids is 1. The maximum Gasteiger partial charge on any atom is 0.320 e. The van der Waals surface area contributed by atoms with E-state index in [9.17, 15) is 9.90 Å². The molecule has 0 aromatic heterocycles. The van der Waals surface area contributed by atoms with Gasteiger partial charge in [0.1, 0.15) is 11.6 Å². The summed E-state index contributed by atoms with van der Waals surface area (Å²) in [6.07, 6.45) is 0. The van der Waals surface area contributed by atoms with E-state index in [1.807, 2.05) is 49.2 Å². The fraction of sp³-hybridized carbons (Fsp3) is 0.409. The summed E-state index contributed by atoms with van der Waals surface area (Å²) in [5, 5.41) is 9.51. The monoisotopic (exact) mass is 353 g/mol. The standard InChI is InChI=1S/C22H27NO3/c1-15(20(24)25)23(5)16(2)22(17-11-7-6-8-12-17)19-14-10-9-13-18(19)21(3,4)26-22/h6-16H,1-5H3,(H,24,25). The lowest BCUT2D eigenvalue weighted by Gasteiger charge is -2.43. The van der Waals surface area contributed by atoms with Crippen LogP contribution in [0, 0.1) is 0 Å². The lowest BCUT2D eigenvalue weighted by molar-refractivity contribution is -0.154. The number of carbonyl (C=O) groups is 1. The van der Waals surface area contributed by atoms with Crippen molar-refractivity contribution in [2.45, 2.75) is 51.0 Å². The summed E-state index contributed by atoms with van der Waals surface area (Å²) in [5.41, 5.74) is 2.09. The van der Waals surface area contributed by atoms with E-state index in [1.165, 1.54) is 0 Å². The minimum Gasteiger partial charge on any atom is -0.480 e. The van der Waals surface area contributed by atoms with Crippen molar-refractivity contribution in [2.75, 3.05) is 7.05 Å². The van der Waals surface area contributed by atoms with Crippen molar-refractivity contribution in [1.29, 1.82) is 0 Å². The maximum absolute atomic E-state index is 11.6. The SMILES string of the molecule is CC(C(=O)O)N(C)C(C)C1(c2ccccc2)OC(C)(C)c2ccccc21. The molecule has 26 heavy (non-hydrogen) atoms. The Bertz CT molecular complexity index is 802. The number of fused-ring (bicyclic) bond motifs is 1. The molecule has 1 aliphatic heterocycles. The van der Waals surface area contributed by atoms with Crippen LogP contribution in [0.3, 0.4) is 0 Å². The zero-order valence-electron chi connectivity index (χ0n) is 16.1. The molecule has 0 saturated carbocycles. The van der Waals surface area contributed by atoms with Gasteiger partial charge < -0.3 is 9.84 Å². The van der Waals surface area contributed by atoms with E-state index in [2.05, 4.69) is 38.1 Å². The molecule has 3 atom stereocenters. The Hall–Kier alpha value is -2.17. The van der Waals surface area contributed by atoms with Crippen LogP contribution in [0.4, 0.5) is 0 Å². The van der Waals surface area contributed by atoms with Crippen molar-refractivity contribution in [2.24, 2.45) is 0 Å². The van der Waals surface area contributed by atoms with Gasteiger partial charge in [0.15, 0.2) is 0 Å². The lowest BCUT2D eigenvalue weighted by Crippen LogP contribution is -2.53. The van der Waals surface area contributed by atoms with Gasteiger partial charge in [0.25, 0.3) is 0 Å². The summed E-state index contributed by atoms with van der Waals surface area (Å²) in [4.78, 5) is 13.5. The summed E-state index contributed by atoms with van der Waals surface area (Å²) in [7, 11) is 1.85. The molecule has 0 saturated heterocycles. The number of likely N-dealkylation sites (N-methyl/N-ethyl adjacent to an activating group) is 1. The number of hydrogen-bond acceptors (Lipinski definition) is 3. The summed E-state index contributed by atoms with van der Waals surface area (Å²) >= 11 is 0. The molecule has 1 aliphatic rings. The molecule has 4 nitrogen and oxygen atoms in total. The molecule has 0 bridgehead atoms. The summed E-state index contributed by atoms with van der Waals surface area (Å²) < 4.78 is 6.77. The molecule has 4 heteroatoms. The molecule has 1 heterocycles. The minimum atomic E-state index is -0.840. The van der Waals surface area contributed by atoms with Gasteiger partial charge in [-0.05, 0) is 51.4 Å². The number of rotatable bonds is 5. The molecular formula is C22H27NO3. The van der Waals surface area contributed by atoms with Crippen LogP contribution in [-0.2, 0) is 20.7 Å². The topological polar surface area (TPSA) is 49.8 Å². The first-order valence-electron chi connectivity index (χ1n) is 9.02. The van der Waals surface area contributed by atoms with E-state index in [0.29, 0.717) is 0 Å². The van der Waals surface area contributed by atoms with E-state index >= 15 is 0 Å². The van der Waals surface area contributed by atoms with Crippen molar-refractivity contribution < 1.29 is 14.6 Å². The van der Waals surface area contributed by atoms with Crippen LogP contribution < -0.4 is 0 Å². The lowest BCUT2D eigenvalue weighted by atomic mass is 9.78. The molecule has 3 unspecified atom stereocenters. The number of hydrogen-bond donors (Lipinski definition) is 1. The van der Waals surface area contributed by atoms with Crippen LogP contribution in [0.2, 0.25) is 0 Å². The smallest absolute Gasteiger partial charge is 0.320 e. The summed E-state index contributed by atoms with van der Waals surface area (Å²) in [6, 6.07) is 17.6. The Kier molecular flexibility index (Phi) is 4.67. The van der Waals surface area contributed by atoms with Gasteiger partial charge >= 0.3 is 5.97 Å². The quantitative estimate of drug-likeness (QED) is 0.883. The predicted molar refractivity (Wildman–Crippen MR) is 102 cm³/mol. The number of aliphatic carboxylic acids is 1. The van der Waals surface area contributed by atoms with E-state index < -0.39 is 23.2 Å². The van der Waals surface area contributed by atoms with Gasteiger partial charge in [-0.2, -0.15) is 0 Å². The van der Waals surface area contributed by atoms with E-state index in [1.54, 1.807) is 6.92 Å². The number of ether oxygens (including phenoxy) is 1. The molecule has 2 aromatic carbocycles. The normalized spacial score (nSPS) is 23.5. The highest BCUT2D eigenvalue weighted by atomic mass is 16.5. The van der Waals surface area contributed by atoms with E-state index in [-0.39, 0.29) is 6.04 Å².